The van der Waals surface area contributed by atoms with Crippen molar-refractivity contribution in [1.82, 2.24) is 0 Å². The van der Waals surface area contributed by atoms with Crippen LogP contribution in [0.15, 0.2) is 30.3 Å². The van der Waals surface area contributed by atoms with Crippen LogP contribution in [-0.4, -0.2) is 11.1 Å². The van der Waals surface area contributed by atoms with Crippen LogP contribution >= 0.6 is 11.6 Å². The van der Waals surface area contributed by atoms with Crippen molar-refractivity contribution in [2.75, 3.05) is 0 Å². The molecule has 0 bridgehead atoms. The minimum Gasteiger partial charge on any atom is -0.488 e. The lowest BCUT2D eigenvalue weighted by Gasteiger charge is -2.13. The second-order valence-corrected chi connectivity index (χ2v) is 5.25. The number of aryl methyl sites for hydroxylation is 2. The summed E-state index contributed by atoms with van der Waals surface area (Å²) in [6.45, 7) is 3.81. The molecule has 0 amide bonds. The van der Waals surface area contributed by atoms with Crippen molar-refractivity contribution < 1.29 is 19.0 Å². The molecule has 0 aliphatic heterocycles. The molecule has 0 atom stereocenters. The van der Waals surface area contributed by atoms with Crippen molar-refractivity contribution in [3.8, 4) is 5.75 Å². The van der Waals surface area contributed by atoms with Gasteiger partial charge in [-0.3, -0.25) is 0 Å². The van der Waals surface area contributed by atoms with E-state index in [4.69, 9.17) is 21.4 Å². The number of rotatable bonds is 4. The fraction of sp³-hybridized carbons (Fsp3) is 0.188. The number of hydrogen-bond donors (Lipinski definition) is 1. The van der Waals surface area contributed by atoms with Crippen LogP contribution in [-0.2, 0) is 6.61 Å². The van der Waals surface area contributed by atoms with Crippen molar-refractivity contribution in [3.05, 3.63) is 63.4 Å². The summed E-state index contributed by atoms with van der Waals surface area (Å²) >= 11 is 5.95. The first kappa shape index (κ1) is 15.3. The van der Waals surface area contributed by atoms with Crippen LogP contribution < -0.4 is 4.74 Å². The molecule has 2 aromatic carbocycles. The first-order valence-corrected chi connectivity index (χ1v) is 6.67. The molecule has 0 saturated heterocycles. The molecule has 21 heavy (non-hydrogen) atoms. The van der Waals surface area contributed by atoms with Crippen LogP contribution in [0.1, 0.15) is 27.0 Å². The van der Waals surface area contributed by atoms with Gasteiger partial charge in [-0.2, -0.15) is 0 Å². The Hall–Kier alpha value is -2.07. The van der Waals surface area contributed by atoms with Gasteiger partial charge >= 0.3 is 5.97 Å². The standard InChI is InChI=1S/C16H14ClFO3/c1-9-3-13(17)4-10(2)15(9)21-8-11-5-12(16(19)20)7-14(18)6-11/h3-7H,8H2,1-2H3,(H,19,20). The van der Waals surface area contributed by atoms with Crippen molar-refractivity contribution in [3.63, 3.8) is 0 Å². The molecule has 2 rings (SSSR count). The maximum Gasteiger partial charge on any atom is 0.335 e. The summed E-state index contributed by atoms with van der Waals surface area (Å²) in [4.78, 5) is 10.9. The smallest absolute Gasteiger partial charge is 0.335 e. The molecule has 0 aliphatic rings. The third kappa shape index (κ3) is 3.73. The van der Waals surface area contributed by atoms with E-state index in [0.29, 0.717) is 16.3 Å². The summed E-state index contributed by atoms with van der Waals surface area (Å²) in [6.07, 6.45) is 0. The van der Waals surface area contributed by atoms with Gasteiger partial charge in [-0.1, -0.05) is 11.6 Å². The van der Waals surface area contributed by atoms with Gasteiger partial charge in [0.05, 0.1) is 5.56 Å². The van der Waals surface area contributed by atoms with E-state index in [0.717, 1.165) is 17.2 Å². The molecule has 3 nitrogen and oxygen atoms in total. The Labute approximate surface area is 126 Å². The summed E-state index contributed by atoms with van der Waals surface area (Å²) in [5, 5.41) is 9.54. The highest BCUT2D eigenvalue weighted by Gasteiger charge is 2.10. The lowest BCUT2D eigenvalue weighted by molar-refractivity contribution is 0.0696. The predicted octanol–water partition coefficient (Wildman–Crippen LogP) is 4.37. The third-order valence-corrected chi connectivity index (χ3v) is 3.23. The summed E-state index contributed by atoms with van der Waals surface area (Å²) in [7, 11) is 0. The fourth-order valence-electron chi connectivity index (χ4n) is 2.14. The first-order chi connectivity index (χ1) is 9.86. The number of hydrogen-bond acceptors (Lipinski definition) is 2. The number of aromatic carboxylic acids is 1. The fourth-order valence-corrected chi connectivity index (χ4v) is 2.47. The molecule has 0 unspecified atom stereocenters. The molecule has 110 valence electrons. The van der Waals surface area contributed by atoms with Crippen molar-refractivity contribution in [1.29, 1.82) is 0 Å². The minimum absolute atomic E-state index is 0.0847. The normalized spacial score (nSPS) is 10.5. The van der Waals surface area contributed by atoms with Gasteiger partial charge in [0.25, 0.3) is 0 Å². The second-order valence-electron chi connectivity index (χ2n) is 4.81. The molecule has 5 heteroatoms. The number of halogens is 2. The zero-order valence-electron chi connectivity index (χ0n) is 11.6. The average molecular weight is 309 g/mol. The van der Waals surface area contributed by atoms with Crippen LogP contribution in [0.2, 0.25) is 5.02 Å². The molecule has 1 N–H and O–H groups in total. The molecule has 0 radical (unpaired) electrons. The molecular formula is C16H14ClFO3. The second kappa shape index (κ2) is 6.14. The van der Waals surface area contributed by atoms with E-state index >= 15 is 0 Å². The Morgan fingerprint density at radius 3 is 2.38 bits per heavy atom. The lowest BCUT2D eigenvalue weighted by atomic mass is 10.1. The predicted molar refractivity (Wildman–Crippen MR) is 78.6 cm³/mol. The largest absolute Gasteiger partial charge is 0.488 e. The van der Waals surface area contributed by atoms with Gasteiger partial charge in [-0.05, 0) is 60.9 Å². The van der Waals surface area contributed by atoms with E-state index in [1.54, 1.807) is 12.1 Å². The Balaban J connectivity index is 2.23. The number of benzene rings is 2. The van der Waals surface area contributed by atoms with Gasteiger partial charge in [0.1, 0.15) is 18.2 Å². The molecule has 0 aliphatic carbocycles. The molecule has 0 saturated carbocycles. The number of carbonyl (C=O) groups is 1. The van der Waals surface area contributed by atoms with Gasteiger partial charge in [0, 0.05) is 5.02 Å². The van der Waals surface area contributed by atoms with Crippen molar-refractivity contribution in [2.45, 2.75) is 20.5 Å². The van der Waals surface area contributed by atoms with E-state index in [1.165, 1.54) is 12.1 Å². The molecule has 0 fully saturated rings. The third-order valence-electron chi connectivity index (χ3n) is 3.01. The Morgan fingerprint density at radius 2 is 1.81 bits per heavy atom. The van der Waals surface area contributed by atoms with Gasteiger partial charge in [-0.15, -0.1) is 0 Å². The maximum atomic E-state index is 13.4. The van der Waals surface area contributed by atoms with Crippen LogP contribution in [0, 0.1) is 19.7 Å². The van der Waals surface area contributed by atoms with E-state index in [-0.39, 0.29) is 12.2 Å². The zero-order chi connectivity index (χ0) is 15.6. The van der Waals surface area contributed by atoms with E-state index in [1.807, 2.05) is 13.8 Å². The molecular weight excluding hydrogens is 295 g/mol. The number of carboxylic acids is 1. The molecule has 2 aromatic rings. The van der Waals surface area contributed by atoms with Crippen LogP contribution in [0.3, 0.4) is 0 Å². The van der Waals surface area contributed by atoms with E-state index < -0.39 is 11.8 Å². The topological polar surface area (TPSA) is 46.5 Å². The minimum atomic E-state index is -1.17. The SMILES string of the molecule is Cc1cc(Cl)cc(C)c1OCc1cc(F)cc(C(=O)O)c1. The highest BCUT2D eigenvalue weighted by Crippen LogP contribution is 2.28. The highest BCUT2D eigenvalue weighted by molar-refractivity contribution is 6.30. The van der Waals surface area contributed by atoms with Crippen LogP contribution in [0.25, 0.3) is 0 Å². The van der Waals surface area contributed by atoms with Gasteiger partial charge in [-0.25, -0.2) is 9.18 Å². The summed E-state index contributed by atoms with van der Waals surface area (Å²) in [5.74, 6) is -1.10. The molecule has 0 aromatic heterocycles. The molecule has 0 heterocycles. The summed E-state index contributed by atoms with van der Waals surface area (Å²) in [6, 6.07) is 7.18. The number of ether oxygens (including phenoxy) is 1. The van der Waals surface area contributed by atoms with Gasteiger partial charge in [0.2, 0.25) is 0 Å². The average Bonchev–Trinajstić information content (AvgIpc) is 2.36. The van der Waals surface area contributed by atoms with Crippen molar-refractivity contribution >= 4 is 17.6 Å². The van der Waals surface area contributed by atoms with Crippen LogP contribution in [0.5, 0.6) is 5.75 Å². The zero-order valence-corrected chi connectivity index (χ0v) is 12.4. The Kier molecular flexibility index (Phi) is 4.48. The van der Waals surface area contributed by atoms with Crippen LogP contribution in [0.4, 0.5) is 4.39 Å². The van der Waals surface area contributed by atoms with Crippen molar-refractivity contribution in [2.24, 2.45) is 0 Å². The maximum absolute atomic E-state index is 13.4. The number of carboxylic acid groups (broad SMARTS) is 1. The summed E-state index contributed by atoms with van der Waals surface area (Å²) < 4.78 is 19.1. The van der Waals surface area contributed by atoms with Gasteiger partial charge in [0.15, 0.2) is 0 Å². The molecule has 0 spiro atoms. The summed E-state index contributed by atoms with van der Waals surface area (Å²) in [5.41, 5.74) is 2.10. The van der Waals surface area contributed by atoms with E-state index in [2.05, 4.69) is 0 Å². The quantitative estimate of drug-likeness (QED) is 0.912. The lowest BCUT2D eigenvalue weighted by Crippen LogP contribution is -2.03. The van der Waals surface area contributed by atoms with E-state index in [9.17, 15) is 9.18 Å². The first-order valence-electron chi connectivity index (χ1n) is 6.29. The highest BCUT2D eigenvalue weighted by atomic mass is 35.5. The monoisotopic (exact) mass is 308 g/mol. The Bertz CT molecular complexity index is 675. The Morgan fingerprint density at radius 1 is 1.19 bits per heavy atom. The van der Waals surface area contributed by atoms with Gasteiger partial charge < -0.3 is 9.84 Å².